The summed E-state index contributed by atoms with van der Waals surface area (Å²) in [7, 11) is 1.58. The van der Waals surface area contributed by atoms with Crippen molar-refractivity contribution in [3.05, 3.63) is 64.6 Å². The fourth-order valence-corrected chi connectivity index (χ4v) is 2.89. The number of benzene rings is 2. The molecule has 0 aromatic heterocycles. The Hall–Kier alpha value is -2.34. The van der Waals surface area contributed by atoms with Gasteiger partial charge < -0.3 is 15.0 Å². The van der Waals surface area contributed by atoms with Crippen LogP contribution >= 0.6 is 15.9 Å². The van der Waals surface area contributed by atoms with E-state index in [1.807, 2.05) is 49.4 Å². The van der Waals surface area contributed by atoms with Gasteiger partial charge in [0.15, 0.2) is 6.61 Å². The summed E-state index contributed by atoms with van der Waals surface area (Å²) in [5.41, 5.74) is 0.965. The first kappa shape index (κ1) is 20.0. The number of rotatable bonds is 8. The quantitative estimate of drug-likeness (QED) is 0.714. The molecule has 0 fully saturated rings. The highest BCUT2D eigenvalue weighted by Gasteiger charge is 2.28. The molecule has 0 spiro atoms. The van der Waals surface area contributed by atoms with Crippen LogP contribution in [0.15, 0.2) is 59.1 Å². The number of ether oxygens (including phenoxy) is 1. The fraction of sp³-hybridized carbons (Fsp3) is 0.300. The van der Waals surface area contributed by atoms with Crippen molar-refractivity contribution >= 4 is 27.7 Å². The summed E-state index contributed by atoms with van der Waals surface area (Å²) in [5, 5.41) is 2.64. The van der Waals surface area contributed by atoms with Crippen LogP contribution in [0.4, 0.5) is 0 Å². The van der Waals surface area contributed by atoms with E-state index in [0.717, 1.165) is 10.0 Å². The number of amides is 2. The van der Waals surface area contributed by atoms with Crippen molar-refractivity contribution in [2.75, 3.05) is 13.7 Å². The van der Waals surface area contributed by atoms with E-state index >= 15 is 0 Å². The summed E-state index contributed by atoms with van der Waals surface area (Å²) in [5.74, 6) is 0.196. The zero-order valence-corrected chi connectivity index (χ0v) is 16.5. The molecule has 2 rings (SSSR count). The predicted molar refractivity (Wildman–Crippen MR) is 105 cm³/mol. The Morgan fingerprint density at radius 2 is 1.77 bits per heavy atom. The van der Waals surface area contributed by atoms with Gasteiger partial charge in [0.05, 0.1) is 0 Å². The maximum Gasteiger partial charge on any atom is 0.261 e. The summed E-state index contributed by atoms with van der Waals surface area (Å²) in [6.45, 7) is 2.12. The van der Waals surface area contributed by atoms with Crippen molar-refractivity contribution in [2.45, 2.75) is 25.9 Å². The van der Waals surface area contributed by atoms with E-state index in [2.05, 4.69) is 21.2 Å². The third-order valence-corrected chi connectivity index (χ3v) is 4.53. The molecule has 26 heavy (non-hydrogen) atoms. The van der Waals surface area contributed by atoms with Crippen LogP contribution in [-0.4, -0.2) is 36.4 Å². The third kappa shape index (κ3) is 5.59. The third-order valence-electron chi connectivity index (χ3n) is 4.00. The minimum Gasteiger partial charge on any atom is -0.484 e. The molecule has 2 aromatic carbocycles. The van der Waals surface area contributed by atoms with Crippen molar-refractivity contribution in [2.24, 2.45) is 0 Å². The average Bonchev–Trinajstić information content (AvgIpc) is 2.67. The number of halogens is 1. The van der Waals surface area contributed by atoms with Crippen molar-refractivity contribution in [3.8, 4) is 5.75 Å². The van der Waals surface area contributed by atoms with Gasteiger partial charge >= 0.3 is 0 Å². The van der Waals surface area contributed by atoms with Gasteiger partial charge in [0.25, 0.3) is 5.91 Å². The van der Waals surface area contributed by atoms with Gasteiger partial charge in [-0.05, 0) is 36.2 Å². The largest absolute Gasteiger partial charge is 0.484 e. The highest BCUT2D eigenvalue weighted by atomic mass is 79.9. The highest BCUT2D eigenvalue weighted by Crippen LogP contribution is 2.17. The van der Waals surface area contributed by atoms with E-state index in [9.17, 15) is 9.59 Å². The van der Waals surface area contributed by atoms with Gasteiger partial charge in [0, 0.05) is 18.1 Å². The summed E-state index contributed by atoms with van der Waals surface area (Å²) >= 11 is 3.36. The Balaban J connectivity index is 2.13. The molecule has 1 atom stereocenters. The number of hydrogen-bond donors (Lipinski definition) is 1. The first-order valence-electron chi connectivity index (χ1n) is 8.48. The molecule has 1 unspecified atom stereocenters. The lowest BCUT2D eigenvalue weighted by molar-refractivity contribution is -0.142. The van der Waals surface area contributed by atoms with Crippen LogP contribution in [0.25, 0.3) is 0 Å². The molecule has 1 N–H and O–H groups in total. The minimum absolute atomic E-state index is 0.123. The smallest absolute Gasteiger partial charge is 0.261 e. The number of likely N-dealkylation sites (N-methyl/N-ethyl adjacent to an activating group) is 1. The van der Waals surface area contributed by atoms with Crippen LogP contribution < -0.4 is 10.1 Å². The van der Waals surface area contributed by atoms with Crippen LogP contribution in [0.1, 0.15) is 18.9 Å². The molecule has 0 aliphatic heterocycles. The number of hydrogen-bond acceptors (Lipinski definition) is 3. The van der Waals surface area contributed by atoms with Crippen LogP contribution in [0, 0.1) is 0 Å². The van der Waals surface area contributed by atoms with Gasteiger partial charge in [-0.1, -0.05) is 53.2 Å². The second-order valence-electron chi connectivity index (χ2n) is 5.79. The van der Waals surface area contributed by atoms with Gasteiger partial charge in [-0.25, -0.2) is 0 Å². The monoisotopic (exact) mass is 418 g/mol. The molecule has 0 bridgehead atoms. The van der Waals surface area contributed by atoms with E-state index in [4.69, 9.17) is 4.74 Å². The molecular formula is C20H23BrN2O3. The summed E-state index contributed by atoms with van der Waals surface area (Å²) in [4.78, 5) is 26.6. The maximum atomic E-state index is 12.8. The van der Waals surface area contributed by atoms with E-state index in [1.54, 1.807) is 24.1 Å². The number of carbonyl (C=O) groups is 2. The van der Waals surface area contributed by atoms with Crippen molar-refractivity contribution in [1.29, 1.82) is 0 Å². The van der Waals surface area contributed by atoms with Gasteiger partial charge in [-0.2, -0.15) is 0 Å². The Kier molecular flexibility index (Phi) is 7.66. The van der Waals surface area contributed by atoms with Crippen LogP contribution in [0.2, 0.25) is 0 Å². The van der Waals surface area contributed by atoms with Crippen LogP contribution in [0.3, 0.4) is 0 Å². The molecule has 0 radical (unpaired) electrons. The number of nitrogens with one attached hydrogen (secondary N) is 1. The topological polar surface area (TPSA) is 58.6 Å². The second-order valence-corrected chi connectivity index (χ2v) is 6.70. The molecular weight excluding hydrogens is 396 g/mol. The molecule has 0 heterocycles. The Morgan fingerprint density at radius 3 is 2.35 bits per heavy atom. The highest BCUT2D eigenvalue weighted by molar-refractivity contribution is 9.10. The zero-order chi connectivity index (χ0) is 18.9. The van der Waals surface area contributed by atoms with Crippen molar-refractivity contribution in [3.63, 3.8) is 0 Å². The molecule has 0 aliphatic rings. The van der Waals surface area contributed by atoms with Crippen LogP contribution in [0.5, 0.6) is 5.75 Å². The van der Waals surface area contributed by atoms with E-state index in [1.165, 1.54) is 0 Å². The zero-order valence-electron chi connectivity index (χ0n) is 14.9. The lowest BCUT2D eigenvalue weighted by Gasteiger charge is -2.30. The Morgan fingerprint density at radius 1 is 1.12 bits per heavy atom. The molecule has 0 aliphatic carbocycles. The fourth-order valence-electron chi connectivity index (χ4n) is 2.63. The Bertz CT molecular complexity index is 720. The lowest BCUT2D eigenvalue weighted by Crippen LogP contribution is -2.49. The summed E-state index contributed by atoms with van der Waals surface area (Å²) in [6, 6.07) is 16.3. The first-order valence-corrected chi connectivity index (χ1v) is 9.27. The minimum atomic E-state index is -0.541. The Labute approximate surface area is 162 Å². The van der Waals surface area contributed by atoms with Gasteiger partial charge in [0.1, 0.15) is 11.8 Å². The normalized spacial score (nSPS) is 11.5. The van der Waals surface area contributed by atoms with Gasteiger partial charge in [-0.3, -0.25) is 9.59 Å². The molecule has 2 aromatic rings. The number of carbonyl (C=O) groups excluding carboxylic acids is 2. The van der Waals surface area contributed by atoms with Crippen molar-refractivity contribution in [1.82, 2.24) is 10.2 Å². The SMILES string of the molecule is CCC(C(=O)NC)N(Cc1ccccc1)C(=O)COc1ccc(Br)cc1. The lowest BCUT2D eigenvalue weighted by atomic mass is 10.1. The molecule has 0 saturated carbocycles. The molecule has 6 heteroatoms. The van der Waals surface area contributed by atoms with E-state index in [-0.39, 0.29) is 18.4 Å². The van der Waals surface area contributed by atoms with Gasteiger partial charge in [-0.15, -0.1) is 0 Å². The summed E-state index contributed by atoms with van der Waals surface area (Å²) < 4.78 is 6.54. The summed E-state index contributed by atoms with van der Waals surface area (Å²) in [6.07, 6.45) is 0.524. The molecule has 5 nitrogen and oxygen atoms in total. The second kappa shape index (κ2) is 9.97. The maximum absolute atomic E-state index is 12.8. The van der Waals surface area contributed by atoms with E-state index in [0.29, 0.717) is 18.7 Å². The number of nitrogens with zero attached hydrogens (tertiary/aromatic N) is 1. The standard InChI is InChI=1S/C20H23BrN2O3/c1-3-18(20(25)22-2)23(13-15-7-5-4-6-8-15)19(24)14-26-17-11-9-16(21)10-12-17/h4-12,18H,3,13-14H2,1-2H3,(H,22,25). The molecule has 0 saturated heterocycles. The van der Waals surface area contributed by atoms with Crippen LogP contribution in [-0.2, 0) is 16.1 Å². The molecule has 2 amide bonds. The predicted octanol–water partition coefficient (Wildman–Crippen LogP) is 3.38. The van der Waals surface area contributed by atoms with Gasteiger partial charge in [0.2, 0.25) is 5.91 Å². The van der Waals surface area contributed by atoms with E-state index < -0.39 is 6.04 Å². The van der Waals surface area contributed by atoms with Crippen molar-refractivity contribution < 1.29 is 14.3 Å². The average molecular weight is 419 g/mol. The first-order chi connectivity index (χ1) is 12.5. The molecule has 138 valence electrons.